The molecule has 4 atom stereocenters. The summed E-state index contributed by atoms with van der Waals surface area (Å²) < 4.78 is 70.0. The molecule has 4 aromatic rings. The maximum atomic E-state index is 13.4. The van der Waals surface area contributed by atoms with Crippen LogP contribution >= 0.6 is 0 Å². The monoisotopic (exact) mass is 716 g/mol. The summed E-state index contributed by atoms with van der Waals surface area (Å²) in [5.74, 6) is 11.0. The number of nitrogens with zero attached hydrogens (tertiary/aromatic N) is 2. The molecule has 16 heteroatoms. The largest absolute Gasteiger partial charge is 0.384 e. The van der Waals surface area contributed by atoms with Crippen molar-refractivity contribution in [1.29, 1.82) is 10.8 Å². The zero-order valence-corrected chi connectivity index (χ0v) is 28.2. The molecule has 0 fully saturated rings. The van der Waals surface area contributed by atoms with Gasteiger partial charge in [-0.05, 0) is 58.4 Å². The predicted molar refractivity (Wildman–Crippen MR) is 188 cm³/mol. The van der Waals surface area contributed by atoms with Gasteiger partial charge in [0.2, 0.25) is 0 Å². The number of hydrogen-bond donors (Lipinski definition) is 8. The number of aryl methyl sites for hydroxylation is 2. The minimum atomic E-state index is -5.17. The fourth-order valence-corrected chi connectivity index (χ4v) is 9.98. The van der Waals surface area contributed by atoms with Crippen LogP contribution in [-0.2, 0) is 29.7 Å². The van der Waals surface area contributed by atoms with Crippen LogP contribution < -0.4 is 11.7 Å². The van der Waals surface area contributed by atoms with Gasteiger partial charge in [-0.15, -0.1) is 0 Å². The molecule has 0 aromatic heterocycles. The van der Waals surface area contributed by atoms with Crippen LogP contribution in [0.4, 0.5) is 0 Å². The molecule has 2 aliphatic carbocycles. The summed E-state index contributed by atoms with van der Waals surface area (Å²) in [6.07, 6.45) is -4.11. The molecule has 0 bridgehead atoms. The van der Waals surface area contributed by atoms with E-state index in [0.29, 0.717) is 22.3 Å². The molecular weight excluding hydrogens is 685 g/mol. The number of aliphatic hydroxyl groups excluding tert-OH is 2. The zero-order valence-electron chi connectivity index (χ0n) is 26.5. The SMILES string of the molecule is Cc1cc(C2(S(=O)(=O)O)c3ccccc3C(=N)C(=NN)C2O)ccc1-c1ccc(C2(S(=O)(=O)O)c3ccccc3C(=N)C(=NN)C2O)cc1C. The molecule has 0 heterocycles. The van der Waals surface area contributed by atoms with Crippen LogP contribution in [0.2, 0.25) is 0 Å². The van der Waals surface area contributed by atoms with E-state index in [9.17, 15) is 36.2 Å². The zero-order chi connectivity index (χ0) is 36.6. The summed E-state index contributed by atoms with van der Waals surface area (Å²) in [4.78, 5) is 0. The van der Waals surface area contributed by atoms with Gasteiger partial charge in [-0.1, -0.05) is 84.9 Å². The molecule has 50 heavy (non-hydrogen) atoms. The summed E-state index contributed by atoms with van der Waals surface area (Å²) in [6, 6.07) is 20.8. The van der Waals surface area contributed by atoms with Crippen molar-refractivity contribution in [1.82, 2.24) is 0 Å². The van der Waals surface area contributed by atoms with Crippen molar-refractivity contribution in [3.63, 3.8) is 0 Å². The summed E-state index contributed by atoms with van der Waals surface area (Å²) in [7, 11) is -10.3. The molecule has 0 spiro atoms. The molecule has 2 aliphatic rings. The van der Waals surface area contributed by atoms with Gasteiger partial charge in [0.15, 0.2) is 9.49 Å². The van der Waals surface area contributed by atoms with Gasteiger partial charge in [0.25, 0.3) is 20.2 Å². The maximum Gasteiger partial charge on any atom is 0.282 e. The van der Waals surface area contributed by atoms with Crippen LogP contribution in [0.25, 0.3) is 11.1 Å². The summed E-state index contributed by atoms with van der Waals surface area (Å²) in [5.41, 5.74) is 0.646. The van der Waals surface area contributed by atoms with Crippen LogP contribution in [-0.4, -0.2) is 71.2 Å². The first-order valence-corrected chi connectivity index (χ1v) is 17.8. The second-order valence-corrected chi connectivity index (χ2v) is 15.3. The van der Waals surface area contributed by atoms with Crippen molar-refractivity contribution >= 4 is 43.1 Å². The summed E-state index contributed by atoms with van der Waals surface area (Å²) in [6.45, 7) is 3.34. The Bertz CT molecular complexity index is 2260. The first-order chi connectivity index (χ1) is 23.5. The van der Waals surface area contributed by atoms with Crippen molar-refractivity contribution in [2.45, 2.75) is 35.5 Å². The second-order valence-electron chi connectivity index (χ2n) is 12.2. The molecule has 0 amide bonds. The fourth-order valence-electron chi connectivity index (χ4n) is 7.43. The first kappa shape index (κ1) is 34.8. The maximum absolute atomic E-state index is 13.4. The Morgan fingerprint density at radius 3 is 1.24 bits per heavy atom. The average Bonchev–Trinajstić information content (AvgIpc) is 3.05. The van der Waals surface area contributed by atoms with Gasteiger partial charge in [-0.3, -0.25) is 19.9 Å². The van der Waals surface area contributed by atoms with Crippen molar-refractivity contribution in [3.05, 3.63) is 129 Å². The van der Waals surface area contributed by atoms with Crippen LogP contribution in [0, 0.1) is 24.7 Å². The van der Waals surface area contributed by atoms with Gasteiger partial charge in [0.05, 0.1) is 11.4 Å². The van der Waals surface area contributed by atoms with E-state index < -0.39 is 53.4 Å². The third-order valence-electron chi connectivity index (χ3n) is 9.69. The van der Waals surface area contributed by atoms with E-state index in [-0.39, 0.29) is 44.8 Å². The van der Waals surface area contributed by atoms with Gasteiger partial charge in [-0.25, -0.2) is 0 Å². The molecule has 6 rings (SSSR count). The van der Waals surface area contributed by atoms with E-state index in [0.717, 1.165) is 0 Å². The highest BCUT2D eigenvalue weighted by Gasteiger charge is 2.60. The Balaban J connectivity index is 1.55. The number of nitrogens with two attached hydrogens (primary N) is 2. The number of nitrogens with one attached hydrogen (secondary N) is 2. The Labute approximate surface area is 287 Å². The number of benzene rings is 4. The number of hydrazone groups is 2. The van der Waals surface area contributed by atoms with Crippen LogP contribution in [0.1, 0.15) is 44.5 Å². The third kappa shape index (κ3) is 4.53. The standard InChI is InChI=1S/C34H32N6O8S2/c1-17-15-19(33(49(43,44)45)25-9-5-3-7-23(25)27(35)29(39-37)31(33)41)11-13-21(17)22-14-12-20(16-18(22)2)34(50(46,47)48)26-10-6-4-8-24(26)28(36)30(40-38)32(34)42/h3-16,31-32,35-36,41-42H,37-38H2,1-2H3,(H,43,44,45)(H,46,47,48). The topological polar surface area (TPSA) is 274 Å². The van der Waals surface area contributed by atoms with Crippen molar-refractivity contribution < 1.29 is 36.2 Å². The lowest BCUT2D eigenvalue weighted by Crippen LogP contribution is -2.57. The van der Waals surface area contributed by atoms with E-state index in [1.165, 1.54) is 60.7 Å². The number of aliphatic hydroxyl groups is 2. The third-order valence-corrected chi connectivity index (χ3v) is 12.7. The lowest BCUT2D eigenvalue weighted by atomic mass is 9.73. The van der Waals surface area contributed by atoms with Crippen LogP contribution in [0.5, 0.6) is 0 Å². The molecule has 0 radical (unpaired) electrons. The molecule has 0 aliphatic heterocycles. The Morgan fingerprint density at radius 2 is 0.940 bits per heavy atom. The van der Waals surface area contributed by atoms with Crippen molar-refractivity contribution in [2.24, 2.45) is 21.9 Å². The van der Waals surface area contributed by atoms with Crippen molar-refractivity contribution in [2.75, 3.05) is 0 Å². The molecular formula is C34H32N6O8S2. The highest BCUT2D eigenvalue weighted by atomic mass is 32.2. The lowest BCUT2D eigenvalue weighted by Gasteiger charge is -2.41. The van der Waals surface area contributed by atoms with Crippen LogP contribution in [0.3, 0.4) is 0 Å². The van der Waals surface area contributed by atoms with E-state index in [2.05, 4.69) is 10.2 Å². The molecule has 4 unspecified atom stereocenters. The summed E-state index contributed by atoms with van der Waals surface area (Å²) >= 11 is 0. The highest BCUT2D eigenvalue weighted by molar-refractivity contribution is 7.87. The Morgan fingerprint density at radius 1 is 0.600 bits per heavy atom. The van der Waals surface area contributed by atoms with Crippen LogP contribution in [0.15, 0.2) is 95.1 Å². The average molecular weight is 717 g/mol. The van der Waals surface area contributed by atoms with Gasteiger partial charge in [0, 0.05) is 11.1 Å². The first-order valence-electron chi connectivity index (χ1n) is 15.0. The molecule has 258 valence electrons. The van der Waals surface area contributed by atoms with Gasteiger partial charge in [0.1, 0.15) is 23.6 Å². The molecule has 0 saturated carbocycles. The predicted octanol–water partition coefficient (Wildman–Crippen LogP) is 2.35. The molecule has 4 aromatic carbocycles. The lowest BCUT2D eigenvalue weighted by molar-refractivity contribution is 0.196. The molecule has 0 saturated heterocycles. The van der Waals surface area contributed by atoms with Gasteiger partial charge in [-0.2, -0.15) is 27.0 Å². The minimum Gasteiger partial charge on any atom is -0.384 e. The Hall–Kier alpha value is -5.10. The van der Waals surface area contributed by atoms with Gasteiger partial charge < -0.3 is 21.9 Å². The number of rotatable bonds is 5. The number of fused-ring (bicyclic) bond motifs is 2. The minimum absolute atomic E-state index is 0.0348. The molecule has 10 N–H and O–H groups in total. The highest BCUT2D eigenvalue weighted by Crippen LogP contribution is 2.49. The smallest absolute Gasteiger partial charge is 0.282 e. The van der Waals surface area contributed by atoms with Gasteiger partial charge >= 0.3 is 0 Å². The second kappa shape index (κ2) is 11.8. The van der Waals surface area contributed by atoms with E-state index in [4.69, 9.17) is 22.5 Å². The quantitative estimate of drug-likeness (QED) is 0.0848. The summed E-state index contributed by atoms with van der Waals surface area (Å²) in [5, 5.41) is 47.0. The normalized spacial score (nSPS) is 25.4. The van der Waals surface area contributed by atoms with E-state index in [1.807, 2.05) is 0 Å². The van der Waals surface area contributed by atoms with E-state index >= 15 is 0 Å². The molecule has 14 nitrogen and oxygen atoms in total. The van der Waals surface area contributed by atoms with Crippen molar-refractivity contribution in [3.8, 4) is 11.1 Å². The number of hydrogen-bond acceptors (Lipinski definition) is 12. The fraction of sp³-hybridized carbons (Fsp3) is 0.176. The Kier molecular flexibility index (Phi) is 8.17. The van der Waals surface area contributed by atoms with E-state index in [1.54, 1.807) is 38.1 Å².